The molecule has 0 saturated carbocycles. The zero-order chi connectivity index (χ0) is 13.1. The van der Waals surface area contributed by atoms with Gasteiger partial charge < -0.3 is 10.5 Å². The fraction of sp³-hybridized carbons (Fsp3) is 0.143. The quantitative estimate of drug-likeness (QED) is 0.924. The Balaban J connectivity index is 2.33. The Morgan fingerprint density at radius 2 is 1.89 bits per heavy atom. The molecule has 0 bridgehead atoms. The third-order valence-corrected chi connectivity index (χ3v) is 3.09. The summed E-state index contributed by atoms with van der Waals surface area (Å²) in [5.74, 6) is 1.01. The van der Waals surface area contributed by atoms with E-state index in [1.165, 1.54) is 12.1 Å². The van der Waals surface area contributed by atoms with Gasteiger partial charge in [-0.15, -0.1) is 0 Å². The van der Waals surface area contributed by atoms with Gasteiger partial charge in [0.25, 0.3) is 0 Å². The number of benzene rings is 2. The molecule has 94 valence electrons. The Morgan fingerprint density at radius 1 is 1.17 bits per heavy atom. The summed E-state index contributed by atoms with van der Waals surface area (Å²) in [6.07, 6.45) is 0. The molecule has 0 aromatic heterocycles. The summed E-state index contributed by atoms with van der Waals surface area (Å²) in [5.41, 5.74) is 7.23. The first-order chi connectivity index (χ1) is 8.60. The second-order valence-electron chi connectivity index (χ2n) is 3.97. The SMILES string of the molecule is Cc1cc(Br)ccc1Oc1ccc(F)cc1CN. The molecule has 2 aromatic rings. The number of ether oxygens (including phenoxy) is 1. The fourth-order valence-electron chi connectivity index (χ4n) is 1.65. The van der Waals surface area contributed by atoms with Gasteiger partial charge in [-0.3, -0.25) is 0 Å². The van der Waals surface area contributed by atoms with E-state index in [9.17, 15) is 4.39 Å². The molecule has 0 fully saturated rings. The molecule has 2 nitrogen and oxygen atoms in total. The van der Waals surface area contributed by atoms with Gasteiger partial charge >= 0.3 is 0 Å². The normalized spacial score (nSPS) is 10.4. The van der Waals surface area contributed by atoms with Crippen molar-refractivity contribution in [3.8, 4) is 11.5 Å². The molecule has 2 aromatic carbocycles. The number of nitrogens with two attached hydrogens (primary N) is 1. The van der Waals surface area contributed by atoms with Gasteiger partial charge in [0.1, 0.15) is 17.3 Å². The molecule has 2 rings (SSSR count). The lowest BCUT2D eigenvalue weighted by Gasteiger charge is -2.12. The molecule has 0 atom stereocenters. The van der Waals surface area contributed by atoms with Crippen LogP contribution in [0.3, 0.4) is 0 Å². The van der Waals surface area contributed by atoms with Crippen molar-refractivity contribution in [3.05, 3.63) is 57.8 Å². The minimum atomic E-state index is -0.310. The summed E-state index contributed by atoms with van der Waals surface area (Å²) in [6, 6.07) is 10.1. The van der Waals surface area contributed by atoms with Crippen LogP contribution < -0.4 is 10.5 Å². The monoisotopic (exact) mass is 309 g/mol. The number of halogens is 2. The second-order valence-corrected chi connectivity index (χ2v) is 4.88. The van der Waals surface area contributed by atoms with Gasteiger partial charge in [0.05, 0.1) is 0 Å². The van der Waals surface area contributed by atoms with Crippen LogP contribution in [0.15, 0.2) is 40.9 Å². The van der Waals surface area contributed by atoms with E-state index in [1.54, 1.807) is 6.07 Å². The molecule has 0 amide bonds. The van der Waals surface area contributed by atoms with Crippen molar-refractivity contribution in [1.82, 2.24) is 0 Å². The van der Waals surface area contributed by atoms with Gasteiger partial charge in [-0.25, -0.2) is 4.39 Å². The first-order valence-electron chi connectivity index (χ1n) is 5.52. The van der Waals surface area contributed by atoms with Crippen LogP contribution in [0.2, 0.25) is 0 Å². The molecule has 0 spiro atoms. The van der Waals surface area contributed by atoms with E-state index in [-0.39, 0.29) is 12.4 Å². The van der Waals surface area contributed by atoms with Crippen LogP contribution >= 0.6 is 15.9 Å². The third kappa shape index (κ3) is 2.89. The van der Waals surface area contributed by atoms with Gasteiger partial charge in [0, 0.05) is 16.6 Å². The van der Waals surface area contributed by atoms with Crippen LogP contribution in [0, 0.1) is 12.7 Å². The van der Waals surface area contributed by atoms with Crippen molar-refractivity contribution in [1.29, 1.82) is 0 Å². The Kier molecular flexibility index (Phi) is 3.99. The van der Waals surface area contributed by atoms with Crippen molar-refractivity contribution in [3.63, 3.8) is 0 Å². The van der Waals surface area contributed by atoms with E-state index in [2.05, 4.69) is 15.9 Å². The van der Waals surface area contributed by atoms with Gasteiger partial charge in [-0.05, 0) is 48.9 Å². The van der Waals surface area contributed by atoms with Crippen molar-refractivity contribution >= 4 is 15.9 Å². The Bertz CT molecular complexity index is 572. The lowest BCUT2D eigenvalue weighted by Crippen LogP contribution is -2.00. The minimum Gasteiger partial charge on any atom is -0.457 e. The number of hydrogen-bond donors (Lipinski definition) is 1. The van der Waals surface area contributed by atoms with Crippen LogP contribution in [0.5, 0.6) is 11.5 Å². The van der Waals surface area contributed by atoms with E-state index in [0.717, 1.165) is 15.8 Å². The van der Waals surface area contributed by atoms with Gasteiger partial charge in [0.2, 0.25) is 0 Å². The highest BCUT2D eigenvalue weighted by molar-refractivity contribution is 9.10. The van der Waals surface area contributed by atoms with Gasteiger partial charge in [-0.2, -0.15) is 0 Å². The number of rotatable bonds is 3. The lowest BCUT2D eigenvalue weighted by molar-refractivity contribution is 0.470. The maximum atomic E-state index is 13.1. The smallest absolute Gasteiger partial charge is 0.132 e. The summed E-state index contributed by atoms with van der Waals surface area (Å²) in [5, 5.41) is 0. The van der Waals surface area contributed by atoms with Crippen molar-refractivity contribution in [2.24, 2.45) is 5.73 Å². The summed E-state index contributed by atoms with van der Waals surface area (Å²) in [4.78, 5) is 0. The highest BCUT2D eigenvalue weighted by atomic mass is 79.9. The maximum Gasteiger partial charge on any atom is 0.132 e. The average molecular weight is 310 g/mol. The highest BCUT2D eigenvalue weighted by Gasteiger charge is 2.07. The Hall–Kier alpha value is -1.39. The summed E-state index contributed by atoms with van der Waals surface area (Å²) in [6.45, 7) is 2.19. The molecule has 0 aliphatic rings. The number of hydrogen-bond acceptors (Lipinski definition) is 2. The summed E-state index contributed by atoms with van der Waals surface area (Å²) >= 11 is 3.39. The standard InChI is InChI=1S/C14H13BrFNO/c1-9-6-11(15)2-4-13(9)18-14-5-3-12(16)7-10(14)8-17/h2-7H,8,17H2,1H3. The van der Waals surface area contributed by atoms with Crippen LogP contribution in [0.25, 0.3) is 0 Å². The average Bonchev–Trinajstić information content (AvgIpc) is 2.34. The van der Waals surface area contributed by atoms with Gasteiger partial charge in [0.15, 0.2) is 0 Å². The predicted octanol–water partition coefficient (Wildman–Crippen LogP) is 4.15. The molecule has 0 radical (unpaired) electrons. The van der Waals surface area contributed by atoms with E-state index in [0.29, 0.717) is 11.3 Å². The molecule has 0 aliphatic carbocycles. The van der Waals surface area contributed by atoms with E-state index in [1.807, 2.05) is 25.1 Å². The molecule has 4 heteroatoms. The van der Waals surface area contributed by atoms with E-state index < -0.39 is 0 Å². The lowest BCUT2D eigenvalue weighted by atomic mass is 10.2. The van der Waals surface area contributed by atoms with Crippen LogP contribution in [0.1, 0.15) is 11.1 Å². The molecule has 0 aliphatic heterocycles. The molecular weight excluding hydrogens is 297 g/mol. The van der Waals surface area contributed by atoms with Gasteiger partial charge in [-0.1, -0.05) is 15.9 Å². The topological polar surface area (TPSA) is 35.2 Å². The van der Waals surface area contributed by atoms with Crippen molar-refractivity contribution in [2.75, 3.05) is 0 Å². The first kappa shape index (κ1) is 13.1. The van der Waals surface area contributed by atoms with E-state index >= 15 is 0 Å². The fourth-order valence-corrected chi connectivity index (χ4v) is 2.13. The number of aryl methyl sites for hydroxylation is 1. The molecule has 0 saturated heterocycles. The van der Waals surface area contributed by atoms with Crippen molar-refractivity contribution < 1.29 is 9.13 Å². The highest BCUT2D eigenvalue weighted by Crippen LogP contribution is 2.29. The summed E-state index contributed by atoms with van der Waals surface area (Å²) < 4.78 is 19.9. The minimum absolute atomic E-state index is 0.239. The molecular formula is C14H13BrFNO. The van der Waals surface area contributed by atoms with Crippen LogP contribution in [-0.4, -0.2) is 0 Å². The van der Waals surface area contributed by atoms with Crippen molar-refractivity contribution in [2.45, 2.75) is 13.5 Å². The second kappa shape index (κ2) is 5.50. The maximum absolute atomic E-state index is 13.1. The predicted molar refractivity (Wildman–Crippen MR) is 73.2 cm³/mol. The molecule has 2 N–H and O–H groups in total. The zero-order valence-electron chi connectivity index (χ0n) is 9.91. The third-order valence-electron chi connectivity index (χ3n) is 2.60. The Morgan fingerprint density at radius 3 is 2.56 bits per heavy atom. The largest absolute Gasteiger partial charge is 0.457 e. The molecule has 0 heterocycles. The first-order valence-corrected chi connectivity index (χ1v) is 6.32. The molecule has 0 unspecified atom stereocenters. The van der Waals surface area contributed by atoms with Crippen LogP contribution in [-0.2, 0) is 6.54 Å². The van der Waals surface area contributed by atoms with E-state index in [4.69, 9.17) is 10.5 Å². The molecule has 18 heavy (non-hydrogen) atoms. The van der Waals surface area contributed by atoms with Crippen LogP contribution in [0.4, 0.5) is 4.39 Å². The Labute approximate surface area is 114 Å². The summed E-state index contributed by atoms with van der Waals surface area (Å²) in [7, 11) is 0. The zero-order valence-corrected chi connectivity index (χ0v) is 11.5.